The van der Waals surface area contributed by atoms with E-state index in [0.717, 1.165) is 12.2 Å². The fraction of sp³-hybridized carbons (Fsp3) is 0.900. The zero-order valence-corrected chi connectivity index (χ0v) is 11.3. The number of nitrogens with one attached hydrogen (secondary N) is 1. The summed E-state index contributed by atoms with van der Waals surface area (Å²) < 4.78 is 0. The normalized spacial score (nSPS) is 11.7. The Bertz CT molecular complexity index is 158. The maximum absolute atomic E-state index is 11.4. The molecule has 0 fully saturated rings. The average molecular weight is 255 g/mol. The number of hydrogen-bond donors (Lipinski definition) is 2. The lowest BCUT2D eigenvalue weighted by Gasteiger charge is -2.11. The summed E-state index contributed by atoms with van der Waals surface area (Å²) in [6.45, 7) is 5.45. The van der Waals surface area contributed by atoms with Gasteiger partial charge in [-0.05, 0) is 32.1 Å². The molecule has 0 aromatic carbocycles. The van der Waals surface area contributed by atoms with Gasteiger partial charge in [0.15, 0.2) is 0 Å². The number of thioether (sulfide) groups is 1. The van der Waals surface area contributed by atoms with Crippen molar-refractivity contribution in [3.05, 3.63) is 0 Å². The first-order chi connectivity index (χ1) is 6.72. The molecule has 0 spiro atoms. The van der Waals surface area contributed by atoms with Gasteiger partial charge in [-0.2, -0.15) is 0 Å². The smallest absolute Gasteiger partial charge is 0.232 e. The highest BCUT2D eigenvalue weighted by molar-refractivity contribution is 8.00. The van der Waals surface area contributed by atoms with Gasteiger partial charge < -0.3 is 11.1 Å². The maximum atomic E-state index is 11.4. The van der Waals surface area contributed by atoms with Crippen LogP contribution in [0, 0.1) is 0 Å². The quantitative estimate of drug-likeness (QED) is 0.650. The van der Waals surface area contributed by atoms with Crippen molar-refractivity contribution >= 4 is 30.1 Å². The van der Waals surface area contributed by atoms with E-state index in [9.17, 15) is 4.79 Å². The van der Waals surface area contributed by atoms with E-state index in [0.29, 0.717) is 13.1 Å². The monoisotopic (exact) mass is 254 g/mol. The molecule has 92 valence electrons. The summed E-state index contributed by atoms with van der Waals surface area (Å²) in [7, 11) is 0. The van der Waals surface area contributed by atoms with Crippen molar-refractivity contribution in [1.29, 1.82) is 0 Å². The maximum Gasteiger partial charge on any atom is 0.232 e. The standard InChI is InChI=1S/C10H22N2OS.ClH/c1-3-4-8-14-9(2)10(13)12-7-5-6-11;/h9H,3-8,11H2,1-2H3,(H,12,13);1H. The van der Waals surface area contributed by atoms with Crippen molar-refractivity contribution in [2.45, 2.75) is 38.4 Å². The Hall–Kier alpha value is 0.0700. The predicted octanol–water partition coefficient (Wildman–Crippen LogP) is 1.79. The summed E-state index contributed by atoms with van der Waals surface area (Å²) in [5.41, 5.74) is 5.33. The minimum Gasteiger partial charge on any atom is -0.355 e. The van der Waals surface area contributed by atoms with Gasteiger partial charge in [0.05, 0.1) is 5.25 Å². The number of rotatable bonds is 8. The van der Waals surface area contributed by atoms with Crippen molar-refractivity contribution < 1.29 is 4.79 Å². The Labute approximate surface area is 103 Å². The van der Waals surface area contributed by atoms with E-state index in [-0.39, 0.29) is 23.6 Å². The first-order valence-corrected chi connectivity index (χ1v) is 6.36. The number of unbranched alkanes of at least 4 members (excludes halogenated alkanes) is 1. The van der Waals surface area contributed by atoms with Crippen molar-refractivity contribution in [3.8, 4) is 0 Å². The van der Waals surface area contributed by atoms with Crippen molar-refractivity contribution in [2.75, 3.05) is 18.8 Å². The zero-order valence-electron chi connectivity index (χ0n) is 9.62. The molecule has 1 amide bonds. The van der Waals surface area contributed by atoms with Crippen molar-refractivity contribution in [3.63, 3.8) is 0 Å². The summed E-state index contributed by atoms with van der Waals surface area (Å²) in [4.78, 5) is 11.4. The highest BCUT2D eigenvalue weighted by Crippen LogP contribution is 2.12. The van der Waals surface area contributed by atoms with E-state index in [1.807, 2.05) is 6.92 Å². The lowest BCUT2D eigenvalue weighted by molar-refractivity contribution is -0.120. The minimum absolute atomic E-state index is 0. The molecule has 0 bridgehead atoms. The lowest BCUT2D eigenvalue weighted by Crippen LogP contribution is -2.32. The number of amides is 1. The molecule has 0 heterocycles. The summed E-state index contributed by atoms with van der Waals surface area (Å²) in [6, 6.07) is 0. The van der Waals surface area contributed by atoms with E-state index in [1.165, 1.54) is 12.8 Å². The van der Waals surface area contributed by atoms with Crippen LogP contribution in [0.5, 0.6) is 0 Å². The Balaban J connectivity index is 0. The Kier molecular flexibility index (Phi) is 14.1. The molecule has 0 saturated carbocycles. The fourth-order valence-electron chi connectivity index (χ4n) is 0.938. The molecule has 3 N–H and O–H groups in total. The van der Waals surface area contributed by atoms with Crippen LogP contribution < -0.4 is 11.1 Å². The first kappa shape index (κ1) is 17.5. The van der Waals surface area contributed by atoms with Crippen molar-refractivity contribution in [1.82, 2.24) is 5.32 Å². The predicted molar refractivity (Wildman–Crippen MR) is 70.8 cm³/mol. The van der Waals surface area contributed by atoms with Crippen LogP contribution in [-0.4, -0.2) is 30.0 Å². The Morgan fingerprint density at radius 2 is 2.13 bits per heavy atom. The molecular weight excluding hydrogens is 232 g/mol. The van der Waals surface area contributed by atoms with Crippen LogP contribution in [0.4, 0.5) is 0 Å². The van der Waals surface area contributed by atoms with Gasteiger partial charge in [0, 0.05) is 6.54 Å². The molecule has 3 nitrogen and oxygen atoms in total. The third kappa shape index (κ3) is 10.4. The molecule has 0 rings (SSSR count). The Morgan fingerprint density at radius 3 is 2.67 bits per heavy atom. The van der Waals surface area contributed by atoms with Gasteiger partial charge in [-0.1, -0.05) is 13.3 Å². The molecule has 0 aliphatic rings. The zero-order chi connectivity index (χ0) is 10.8. The van der Waals surface area contributed by atoms with E-state index in [4.69, 9.17) is 5.73 Å². The van der Waals surface area contributed by atoms with Gasteiger partial charge in [0.1, 0.15) is 0 Å². The van der Waals surface area contributed by atoms with Crippen LogP contribution in [-0.2, 0) is 4.79 Å². The number of carbonyl (C=O) groups excluding carboxylic acids is 1. The SMILES string of the molecule is CCCCSC(C)C(=O)NCCCN.Cl. The summed E-state index contributed by atoms with van der Waals surface area (Å²) in [5, 5.41) is 2.94. The molecule has 1 atom stereocenters. The molecule has 0 radical (unpaired) electrons. The topological polar surface area (TPSA) is 55.1 Å². The molecule has 1 unspecified atom stereocenters. The lowest BCUT2D eigenvalue weighted by atomic mass is 10.4. The molecule has 0 aromatic heterocycles. The van der Waals surface area contributed by atoms with Gasteiger partial charge >= 0.3 is 0 Å². The van der Waals surface area contributed by atoms with Gasteiger partial charge in [-0.25, -0.2) is 0 Å². The second kappa shape index (κ2) is 12.1. The molecule has 15 heavy (non-hydrogen) atoms. The summed E-state index contributed by atoms with van der Waals surface area (Å²) in [6.07, 6.45) is 3.23. The molecule has 0 saturated heterocycles. The van der Waals surface area contributed by atoms with Crippen molar-refractivity contribution in [2.24, 2.45) is 5.73 Å². The number of hydrogen-bond acceptors (Lipinski definition) is 3. The van der Waals surface area contributed by atoms with Crippen LogP contribution in [0.2, 0.25) is 0 Å². The third-order valence-electron chi connectivity index (χ3n) is 1.92. The first-order valence-electron chi connectivity index (χ1n) is 5.31. The highest BCUT2D eigenvalue weighted by atomic mass is 35.5. The number of nitrogens with two attached hydrogens (primary N) is 1. The van der Waals surface area contributed by atoms with Gasteiger partial charge in [0.25, 0.3) is 0 Å². The summed E-state index contributed by atoms with van der Waals surface area (Å²) in [5.74, 6) is 1.21. The largest absolute Gasteiger partial charge is 0.355 e. The van der Waals surface area contributed by atoms with E-state index in [2.05, 4.69) is 12.2 Å². The van der Waals surface area contributed by atoms with Gasteiger partial charge in [0.2, 0.25) is 5.91 Å². The number of carbonyl (C=O) groups is 1. The number of halogens is 1. The minimum atomic E-state index is 0. The third-order valence-corrected chi connectivity index (χ3v) is 3.15. The Morgan fingerprint density at radius 1 is 1.47 bits per heavy atom. The molecular formula is C10H23ClN2OS. The molecule has 0 aromatic rings. The van der Waals surface area contributed by atoms with Gasteiger partial charge in [-0.3, -0.25) is 4.79 Å². The second-order valence-electron chi connectivity index (χ2n) is 3.30. The van der Waals surface area contributed by atoms with Crippen LogP contribution in [0.3, 0.4) is 0 Å². The molecule has 5 heteroatoms. The van der Waals surface area contributed by atoms with Crippen LogP contribution in [0.15, 0.2) is 0 Å². The van der Waals surface area contributed by atoms with E-state index in [1.54, 1.807) is 11.8 Å². The van der Waals surface area contributed by atoms with Gasteiger partial charge in [-0.15, -0.1) is 24.2 Å². The van der Waals surface area contributed by atoms with Crippen LogP contribution in [0.1, 0.15) is 33.1 Å². The molecule has 0 aliphatic carbocycles. The van der Waals surface area contributed by atoms with Crippen LogP contribution >= 0.6 is 24.2 Å². The second-order valence-corrected chi connectivity index (χ2v) is 4.75. The fourth-order valence-corrected chi connectivity index (χ4v) is 1.98. The van der Waals surface area contributed by atoms with Crippen LogP contribution in [0.25, 0.3) is 0 Å². The highest BCUT2D eigenvalue weighted by Gasteiger charge is 2.11. The molecule has 0 aliphatic heterocycles. The average Bonchev–Trinajstić information content (AvgIpc) is 2.18. The summed E-state index contributed by atoms with van der Waals surface area (Å²) >= 11 is 1.72. The van der Waals surface area contributed by atoms with E-state index < -0.39 is 0 Å². The van der Waals surface area contributed by atoms with E-state index >= 15 is 0 Å².